The Balaban J connectivity index is 2.16. The smallest absolute Gasteiger partial charge is 0.224 e. The van der Waals surface area contributed by atoms with Crippen molar-refractivity contribution < 1.29 is 8.42 Å². The normalized spacial score (nSPS) is 16.6. The second-order valence-corrected chi connectivity index (χ2v) is 7.08. The molecule has 4 nitrogen and oxygen atoms in total. The lowest BCUT2D eigenvalue weighted by Crippen LogP contribution is -2.33. The van der Waals surface area contributed by atoms with E-state index in [2.05, 4.69) is 20.9 Å². The Morgan fingerprint density at radius 1 is 1.50 bits per heavy atom. The molecule has 1 aliphatic carbocycles. The number of alkyl halides is 1. The van der Waals surface area contributed by atoms with E-state index < -0.39 is 10.0 Å². The van der Waals surface area contributed by atoms with Crippen LogP contribution in [0.25, 0.3) is 0 Å². The number of nitrogens with zero attached hydrogens (tertiary/aromatic N) is 2. The zero-order chi connectivity index (χ0) is 11.6. The third kappa shape index (κ3) is 2.81. The Bertz CT molecular complexity index is 445. The van der Waals surface area contributed by atoms with Crippen LogP contribution in [0.1, 0.15) is 18.4 Å². The van der Waals surface area contributed by atoms with Crippen LogP contribution in [0.3, 0.4) is 0 Å². The van der Waals surface area contributed by atoms with Gasteiger partial charge < -0.3 is 0 Å². The molecule has 0 N–H and O–H groups in total. The molecule has 0 bridgehead atoms. The minimum absolute atomic E-state index is 0.0171. The first-order valence-corrected chi connectivity index (χ1v) is 7.81. The van der Waals surface area contributed by atoms with Crippen molar-refractivity contribution in [1.29, 1.82) is 0 Å². The van der Waals surface area contributed by atoms with E-state index in [1.165, 1.54) is 0 Å². The fraction of sp³-hybridized carbons (Fsp3) is 0.500. The number of hydrogen-bond donors (Lipinski definition) is 0. The van der Waals surface area contributed by atoms with Gasteiger partial charge in [-0.15, -0.1) is 0 Å². The van der Waals surface area contributed by atoms with E-state index in [1.807, 2.05) is 12.1 Å². The van der Waals surface area contributed by atoms with Gasteiger partial charge in [0.15, 0.2) is 0 Å². The highest BCUT2D eigenvalue weighted by molar-refractivity contribution is 9.10. The second kappa shape index (κ2) is 4.81. The molecule has 1 saturated carbocycles. The molecule has 1 fully saturated rings. The number of rotatable bonds is 5. The first-order valence-electron chi connectivity index (χ1n) is 5.08. The van der Waals surface area contributed by atoms with Gasteiger partial charge >= 0.3 is 0 Å². The van der Waals surface area contributed by atoms with Crippen LogP contribution in [0.5, 0.6) is 0 Å². The molecular formula is C10H13BrN2O2S. The summed E-state index contributed by atoms with van der Waals surface area (Å²) in [4.78, 5) is 3.99. The van der Waals surface area contributed by atoms with Gasteiger partial charge in [-0.1, -0.05) is 22.0 Å². The van der Waals surface area contributed by atoms with E-state index in [9.17, 15) is 8.42 Å². The van der Waals surface area contributed by atoms with Gasteiger partial charge in [0.2, 0.25) is 10.0 Å². The third-order valence-corrected chi connectivity index (χ3v) is 5.66. The molecule has 1 aliphatic rings. The lowest BCUT2D eigenvalue weighted by Gasteiger charge is -2.20. The van der Waals surface area contributed by atoms with Crippen molar-refractivity contribution in [1.82, 2.24) is 9.29 Å². The minimum Gasteiger partial charge on any atom is -0.264 e. The summed E-state index contributed by atoms with van der Waals surface area (Å²) < 4.78 is 25.2. The van der Waals surface area contributed by atoms with E-state index in [0.717, 1.165) is 18.4 Å². The van der Waals surface area contributed by atoms with E-state index in [1.54, 1.807) is 16.7 Å². The molecule has 0 unspecified atom stereocenters. The lowest BCUT2D eigenvalue weighted by atomic mass is 10.3. The second-order valence-electron chi connectivity index (χ2n) is 3.86. The van der Waals surface area contributed by atoms with Crippen LogP contribution in [0.2, 0.25) is 0 Å². The predicted octanol–water partition coefficient (Wildman–Crippen LogP) is 1.73. The summed E-state index contributed by atoms with van der Waals surface area (Å²) in [6.07, 6.45) is 5.32. The topological polar surface area (TPSA) is 50.3 Å². The molecule has 0 amide bonds. The summed E-state index contributed by atoms with van der Waals surface area (Å²) >= 11 is 3.04. The molecule has 1 heterocycles. The monoisotopic (exact) mass is 304 g/mol. The van der Waals surface area contributed by atoms with E-state index in [0.29, 0.717) is 6.54 Å². The number of aromatic nitrogens is 1. The van der Waals surface area contributed by atoms with Crippen LogP contribution >= 0.6 is 15.9 Å². The fourth-order valence-corrected chi connectivity index (χ4v) is 3.48. The van der Waals surface area contributed by atoms with Crippen LogP contribution in [-0.4, -0.2) is 28.4 Å². The highest BCUT2D eigenvalue weighted by atomic mass is 79.9. The minimum atomic E-state index is -3.17. The van der Waals surface area contributed by atoms with Gasteiger partial charge in [0.1, 0.15) is 4.66 Å². The average Bonchev–Trinajstić information content (AvgIpc) is 3.11. The SMILES string of the molecule is O=S(=O)(CBr)N(Cc1cccnc1)C1CC1. The van der Waals surface area contributed by atoms with Gasteiger partial charge in [0.25, 0.3) is 0 Å². The van der Waals surface area contributed by atoms with Crippen LogP contribution in [0.4, 0.5) is 0 Å². The summed E-state index contributed by atoms with van der Waals surface area (Å²) in [5, 5.41) is 0. The van der Waals surface area contributed by atoms with Crippen molar-refractivity contribution in [3.8, 4) is 0 Å². The van der Waals surface area contributed by atoms with Crippen molar-refractivity contribution in [3.63, 3.8) is 0 Å². The number of pyridine rings is 1. The van der Waals surface area contributed by atoms with E-state index in [4.69, 9.17) is 0 Å². The highest BCUT2D eigenvalue weighted by Gasteiger charge is 2.36. The van der Waals surface area contributed by atoms with Gasteiger partial charge in [-0.3, -0.25) is 4.98 Å². The molecule has 1 aromatic heterocycles. The van der Waals surface area contributed by atoms with Gasteiger partial charge in [0.05, 0.1) is 0 Å². The molecule has 6 heteroatoms. The van der Waals surface area contributed by atoms with Crippen molar-refractivity contribution in [2.24, 2.45) is 0 Å². The summed E-state index contributed by atoms with van der Waals surface area (Å²) in [5.74, 6) is 0. The Kier molecular flexibility index (Phi) is 3.61. The summed E-state index contributed by atoms with van der Waals surface area (Å²) in [6.45, 7) is 0.423. The molecule has 0 atom stereocenters. The van der Waals surface area contributed by atoms with Gasteiger partial charge in [-0.2, -0.15) is 4.31 Å². The third-order valence-electron chi connectivity index (χ3n) is 2.51. The van der Waals surface area contributed by atoms with Crippen molar-refractivity contribution >= 4 is 26.0 Å². The Morgan fingerprint density at radius 3 is 2.75 bits per heavy atom. The largest absolute Gasteiger partial charge is 0.264 e. The van der Waals surface area contributed by atoms with Gasteiger partial charge in [-0.05, 0) is 24.5 Å². The first kappa shape index (κ1) is 12.0. The Labute approximate surface area is 104 Å². The summed E-state index contributed by atoms with van der Waals surface area (Å²) in [5.41, 5.74) is 0.930. The predicted molar refractivity (Wildman–Crippen MR) is 65.5 cm³/mol. The van der Waals surface area contributed by atoms with Crippen LogP contribution in [-0.2, 0) is 16.6 Å². The van der Waals surface area contributed by atoms with Crippen molar-refractivity contribution in [2.75, 3.05) is 4.66 Å². The summed E-state index contributed by atoms with van der Waals surface area (Å²) in [6, 6.07) is 3.90. The highest BCUT2D eigenvalue weighted by Crippen LogP contribution is 2.31. The molecule has 0 aliphatic heterocycles. The number of halogens is 1. The quantitative estimate of drug-likeness (QED) is 0.779. The van der Waals surface area contributed by atoms with Crippen LogP contribution < -0.4 is 0 Å². The zero-order valence-electron chi connectivity index (χ0n) is 8.71. The number of hydrogen-bond acceptors (Lipinski definition) is 3. The standard InChI is InChI=1S/C10H13BrN2O2S/c11-8-16(14,15)13(10-3-4-10)7-9-2-1-5-12-6-9/h1-2,5-6,10H,3-4,7-8H2. The lowest BCUT2D eigenvalue weighted by molar-refractivity contribution is 0.401. The van der Waals surface area contributed by atoms with Crippen LogP contribution in [0.15, 0.2) is 24.5 Å². The maximum atomic E-state index is 11.8. The molecular weight excluding hydrogens is 292 g/mol. The average molecular weight is 305 g/mol. The maximum absolute atomic E-state index is 11.8. The molecule has 1 aromatic rings. The van der Waals surface area contributed by atoms with Gasteiger partial charge in [-0.25, -0.2) is 8.42 Å². The van der Waals surface area contributed by atoms with Crippen molar-refractivity contribution in [3.05, 3.63) is 30.1 Å². The Hall–Kier alpha value is -0.460. The summed E-state index contributed by atoms with van der Waals surface area (Å²) in [7, 11) is -3.17. The molecule has 2 rings (SSSR count). The number of sulfonamides is 1. The molecule has 16 heavy (non-hydrogen) atoms. The fourth-order valence-electron chi connectivity index (χ4n) is 1.55. The molecule has 0 saturated heterocycles. The van der Waals surface area contributed by atoms with Gasteiger partial charge in [0, 0.05) is 25.0 Å². The first-order chi connectivity index (χ1) is 7.63. The molecule has 0 aromatic carbocycles. The Morgan fingerprint density at radius 2 is 2.25 bits per heavy atom. The van der Waals surface area contributed by atoms with Crippen LogP contribution in [0, 0.1) is 0 Å². The maximum Gasteiger partial charge on any atom is 0.224 e. The molecule has 88 valence electrons. The van der Waals surface area contributed by atoms with E-state index >= 15 is 0 Å². The molecule has 0 spiro atoms. The van der Waals surface area contributed by atoms with Crippen molar-refractivity contribution in [2.45, 2.75) is 25.4 Å². The molecule has 0 radical (unpaired) electrons. The zero-order valence-corrected chi connectivity index (χ0v) is 11.1. The van der Waals surface area contributed by atoms with E-state index in [-0.39, 0.29) is 10.7 Å².